The molecule has 1 unspecified atom stereocenters. The van der Waals surface area contributed by atoms with Crippen molar-refractivity contribution in [3.05, 3.63) is 29.3 Å². The molecule has 6 nitrogen and oxygen atoms in total. The lowest BCUT2D eigenvalue weighted by molar-refractivity contribution is -0.0755. The van der Waals surface area contributed by atoms with Gasteiger partial charge in [-0.15, -0.1) is 10.2 Å². The van der Waals surface area contributed by atoms with Gasteiger partial charge in [-0.05, 0) is 32.9 Å². The van der Waals surface area contributed by atoms with Crippen molar-refractivity contribution in [3.8, 4) is 11.4 Å². The first-order valence-corrected chi connectivity index (χ1v) is 8.89. The summed E-state index contributed by atoms with van der Waals surface area (Å²) in [7, 11) is 1.69. The maximum Gasteiger partial charge on any atom is 0.227 e. The average molecular weight is 365 g/mol. The highest BCUT2D eigenvalue weighted by atomic mass is 35.5. The van der Waals surface area contributed by atoms with Crippen LogP contribution in [-0.2, 0) is 16.0 Å². The van der Waals surface area contributed by atoms with Gasteiger partial charge in [-0.2, -0.15) is 0 Å². The fraction of sp³-hybridized carbons (Fsp3) is 0.556. The van der Waals surface area contributed by atoms with Crippen molar-refractivity contribution in [2.45, 2.75) is 39.0 Å². The van der Waals surface area contributed by atoms with Crippen LogP contribution in [0.25, 0.3) is 11.4 Å². The van der Waals surface area contributed by atoms with Crippen LogP contribution in [0.2, 0.25) is 5.02 Å². The summed E-state index contributed by atoms with van der Waals surface area (Å²) in [6, 6.07) is 7.70. The van der Waals surface area contributed by atoms with Crippen LogP contribution in [0.5, 0.6) is 0 Å². The molecule has 0 amide bonds. The molecule has 1 aromatic carbocycles. The van der Waals surface area contributed by atoms with Gasteiger partial charge < -0.3 is 14.4 Å². The van der Waals surface area contributed by atoms with Gasteiger partial charge in [-0.25, -0.2) is 0 Å². The van der Waals surface area contributed by atoms with Crippen LogP contribution in [0.3, 0.4) is 0 Å². The molecular weight excluding hydrogens is 340 g/mol. The van der Waals surface area contributed by atoms with E-state index in [9.17, 15) is 0 Å². The normalized spacial score (nSPS) is 20.0. The molecule has 0 radical (unpaired) electrons. The lowest BCUT2D eigenvalue weighted by Gasteiger charge is -2.42. The molecular formula is C18H25ClN4O2. The highest BCUT2D eigenvalue weighted by molar-refractivity contribution is 6.33. The summed E-state index contributed by atoms with van der Waals surface area (Å²) < 4.78 is 13.4. The molecule has 1 aromatic heterocycles. The van der Waals surface area contributed by atoms with Crippen LogP contribution in [0.4, 0.5) is 5.95 Å². The van der Waals surface area contributed by atoms with Gasteiger partial charge in [0, 0.05) is 25.8 Å². The molecule has 1 fully saturated rings. The van der Waals surface area contributed by atoms with Gasteiger partial charge in [0.05, 0.1) is 29.9 Å². The SMILES string of the molecule is COCCn1c(-c2ccccc2Cl)nnc1N1CC(C)OC(C)(C)C1. The quantitative estimate of drug-likeness (QED) is 0.815. The Morgan fingerprint density at radius 1 is 1.32 bits per heavy atom. The molecule has 1 aliphatic rings. The third-order valence-electron chi connectivity index (χ3n) is 4.22. The Balaban J connectivity index is 2.01. The Morgan fingerprint density at radius 3 is 2.76 bits per heavy atom. The van der Waals surface area contributed by atoms with Crippen molar-refractivity contribution in [1.82, 2.24) is 14.8 Å². The topological polar surface area (TPSA) is 52.4 Å². The van der Waals surface area contributed by atoms with Crippen LogP contribution in [0.15, 0.2) is 24.3 Å². The van der Waals surface area contributed by atoms with Crippen LogP contribution < -0.4 is 4.90 Å². The predicted molar refractivity (Wildman–Crippen MR) is 99.2 cm³/mol. The molecule has 0 spiro atoms. The molecule has 0 bridgehead atoms. The number of hydrogen-bond donors (Lipinski definition) is 0. The van der Waals surface area contributed by atoms with Gasteiger partial charge in [-0.1, -0.05) is 23.7 Å². The highest BCUT2D eigenvalue weighted by Crippen LogP contribution is 2.31. The van der Waals surface area contributed by atoms with E-state index in [2.05, 4.69) is 40.4 Å². The summed E-state index contributed by atoms with van der Waals surface area (Å²) in [5, 5.41) is 9.58. The van der Waals surface area contributed by atoms with Crippen LogP contribution in [0, 0.1) is 0 Å². The minimum atomic E-state index is -0.236. The smallest absolute Gasteiger partial charge is 0.227 e. The van der Waals surface area contributed by atoms with E-state index in [1.807, 2.05) is 24.3 Å². The fourth-order valence-electron chi connectivity index (χ4n) is 3.37. The molecule has 2 heterocycles. The minimum Gasteiger partial charge on any atom is -0.383 e. The second-order valence-electron chi connectivity index (χ2n) is 7.02. The van der Waals surface area contributed by atoms with Crippen LogP contribution >= 0.6 is 11.6 Å². The van der Waals surface area contributed by atoms with Gasteiger partial charge >= 0.3 is 0 Å². The summed E-state index contributed by atoms with van der Waals surface area (Å²) in [6.45, 7) is 9.04. The largest absolute Gasteiger partial charge is 0.383 e. The zero-order valence-corrected chi connectivity index (χ0v) is 16.0. The lowest BCUT2D eigenvalue weighted by atomic mass is 10.1. The zero-order valence-electron chi connectivity index (χ0n) is 15.2. The highest BCUT2D eigenvalue weighted by Gasteiger charge is 2.34. The summed E-state index contributed by atoms with van der Waals surface area (Å²) >= 11 is 6.38. The Morgan fingerprint density at radius 2 is 2.08 bits per heavy atom. The molecule has 3 rings (SSSR count). The van der Waals surface area contributed by atoms with E-state index in [4.69, 9.17) is 21.1 Å². The predicted octanol–water partition coefficient (Wildman–Crippen LogP) is 3.25. The van der Waals surface area contributed by atoms with Crippen molar-refractivity contribution < 1.29 is 9.47 Å². The van der Waals surface area contributed by atoms with E-state index in [-0.39, 0.29) is 11.7 Å². The number of benzene rings is 1. The minimum absolute atomic E-state index is 0.125. The first-order chi connectivity index (χ1) is 11.9. The number of rotatable bonds is 5. The second-order valence-corrected chi connectivity index (χ2v) is 7.42. The lowest BCUT2D eigenvalue weighted by Crippen LogP contribution is -2.52. The molecule has 2 aromatic rings. The third kappa shape index (κ3) is 3.97. The van der Waals surface area contributed by atoms with E-state index >= 15 is 0 Å². The standard InChI is InChI=1S/C18H25ClN4O2/c1-13-11-22(12-18(2,3)25-13)17-21-20-16(23(17)9-10-24-4)14-7-5-6-8-15(14)19/h5-8,13H,9-12H2,1-4H3. The maximum absolute atomic E-state index is 6.38. The number of hydrogen-bond acceptors (Lipinski definition) is 5. The van der Waals surface area contributed by atoms with Crippen molar-refractivity contribution >= 4 is 17.5 Å². The van der Waals surface area contributed by atoms with Gasteiger partial charge in [0.1, 0.15) is 0 Å². The van der Waals surface area contributed by atoms with E-state index in [0.717, 1.165) is 30.4 Å². The van der Waals surface area contributed by atoms with Gasteiger partial charge in [0.2, 0.25) is 5.95 Å². The molecule has 0 aliphatic carbocycles. The molecule has 1 atom stereocenters. The number of halogens is 1. The Hall–Kier alpha value is -1.63. The van der Waals surface area contributed by atoms with E-state index in [0.29, 0.717) is 18.2 Å². The zero-order chi connectivity index (χ0) is 18.0. The number of aromatic nitrogens is 3. The molecule has 136 valence electrons. The molecule has 25 heavy (non-hydrogen) atoms. The summed E-state index contributed by atoms with van der Waals surface area (Å²) in [6.07, 6.45) is 0.125. The summed E-state index contributed by atoms with van der Waals surface area (Å²) in [4.78, 5) is 2.23. The number of morpholine rings is 1. The first kappa shape index (κ1) is 18.2. The second kappa shape index (κ2) is 7.32. The van der Waals surface area contributed by atoms with E-state index in [1.165, 1.54) is 0 Å². The van der Waals surface area contributed by atoms with Crippen molar-refractivity contribution in [2.24, 2.45) is 0 Å². The molecule has 0 N–H and O–H groups in total. The molecule has 1 aliphatic heterocycles. The van der Waals surface area contributed by atoms with Crippen molar-refractivity contribution in [1.29, 1.82) is 0 Å². The molecule has 7 heteroatoms. The van der Waals surface area contributed by atoms with Crippen LogP contribution in [0.1, 0.15) is 20.8 Å². The molecule has 1 saturated heterocycles. The number of anilines is 1. The Kier molecular flexibility index (Phi) is 5.32. The first-order valence-electron chi connectivity index (χ1n) is 8.51. The fourth-order valence-corrected chi connectivity index (χ4v) is 3.59. The molecule has 0 saturated carbocycles. The van der Waals surface area contributed by atoms with Crippen molar-refractivity contribution in [2.75, 3.05) is 31.7 Å². The van der Waals surface area contributed by atoms with Crippen molar-refractivity contribution in [3.63, 3.8) is 0 Å². The maximum atomic E-state index is 6.38. The number of methoxy groups -OCH3 is 1. The average Bonchev–Trinajstić information content (AvgIpc) is 2.95. The number of ether oxygens (including phenoxy) is 2. The summed E-state index contributed by atoms with van der Waals surface area (Å²) in [5.41, 5.74) is 0.639. The number of nitrogens with zero attached hydrogens (tertiary/aromatic N) is 4. The van der Waals surface area contributed by atoms with Crippen LogP contribution in [-0.4, -0.2) is 53.3 Å². The Labute approximate surface area is 153 Å². The van der Waals surface area contributed by atoms with Gasteiger partial charge in [0.25, 0.3) is 0 Å². The van der Waals surface area contributed by atoms with E-state index in [1.54, 1.807) is 7.11 Å². The van der Waals surface area contributed by atoms with E-state index < -0.39 is 0 Å². The van der Waals surface area contributed by atoms with Gasteiger partial charge in [0.15, 0.2) is 5.82 Å². The third-order valence-corrected chi connectivity index (χ3v) is 4.55. The van der Waals surface area contributed by atoms with Gasteiger partial charge in [-0.3, -0.25) is 4.57 Å². The summed E-state index contributed by atoms with van der Waals surface area (Å²) in [5.74, 6) is 1.59. The monoisotopic (exact) mass is 364 g/mol. The Bertz CT molecular complexity index is 732.